The summed E-state index contributed by atoms with van der Waals surface area (Å²) in [4.78, 5) is 11.7. The Labute approximate surface area is 93.4 Å². The third kappa shape index (κ3) is 2.49. The number of halogens is 1. The van der Waals surface area contributed by atoms with Crippen LogP contribution in [0.25, 0.3) is 0 Å². The summed E-state index contributed by atoms with van der Waals surface area (Å²) in [5, 5.41) is 2.71. The first kappa shape index (κ1) is 12.4. The maximum atomic E-state index is 13.2. The van der Waals surface area contributed by atoms with Gasteiger partial charge in [0, 0.05) is 6.07 Å². The molecular formula is C11H14FNO3. The van der Waals surface area contributed by atoms with Gasteiger partial charge in [-0.3, -0.25) is 4.79 Å². The summed E-state index contributed by atoms with van der Waals surface area (Å²) in [6.45, 7) is 0.114. The van der Waals surface area contributed by atoms with Gasteiger partial charge in [0.25, 0.3) is 0 Å². The smallest absolute Gasteiger partial charge is 0.180 e. The summed E-state index contributed by atoms with van der Waals surface area (Å²) < 4.78 is 23.2. The molecule has 0 amide bonds. The molecule has 0 spiro atoms. The van der Waals surface area contributed by atoms with Crippen molar-refractivity contribution < 1.29 is 18.7 Å². The Bertz CT molecular complexity index is 393. The van der Waals surface area contributed by atoms with E-state index in [1.54, 1.807) is 7.05 Å². The van der Waals surface area contributed by atoms with Crippen LogP contribution < -0.4 is 14.8 Å². The van der Waals surface area contributed by atoms with Crippen LogP contribution in [0.5, 0.6) is 11.5 Å². The highest BCUT2D eigenvalue weighted by atomic mass is 19.1. The predicted octanol–water partition coefficient (Wildman–Crippen LogP) is 1.25. The Morgan fingerprint density at radius 1 is 1.38 bits per heavy atom. The van der Waals surface area contributed by atoms with Gasteiger partial charge in [-0.15, -0.1) is 0 Å². The zero-order valence-electron chi connectivity index (χ0n) is 9.46. The second-order valence-electron chi connectivity index (χ2n) is 3.14. The molecule has 0 saturated carbocycles. The monoisotopic (exact) mass is 227 g/mol. The fraction of sp³-hybridized carbons (Fsp3) is 0.364. The van der Waals surface area contributed by atoms with Gasteiger partial charge in [-0.1, -0.05) is 0 Å². The molecule has 4 nitrogen and oxygen atoms in total. The first-order valence-corrected chi connectivity index (χ1v) is 4.73. The van der Waals surface area contributed by atoms with Gasteiger partial charge in [-0.2, -0.15) is 0 Å². The van der Waals surface area contributed by atoms with E-state index in [0.717, 1.165) is 6.07 Å². The van der Waals surface area contributed by atoms with Crippen LogP contribution in [0, 0.1) is 5.82 Å². The van der Waals surface area contributed by atoms with Crippen molar-refractivity contribution in [1.29, 1.82) is 0 Å². The summed E-state index contributed by atoms with van der Waals surface area (Å²) in [7, 11) is 4.44. The van der Waals surface area contributed by atoms with Crippen LogP contribution in [0.1, 0.15) is 10.4 Å². The zero-order chi connectivity index (χ0) is 12.1. The molecule has 0 bridgehead atoms. The van der Waals surface area contributed by atoms with E-state index in [9.17, 15) is 9.18 Å². The number of carbonyl (C=O) groups is 1. The van der Waals surface area contributed by atoms with Crippen molar-refractivity contribution in [3.63, 3.8) is 0 Å². The Morgan fingerprint density at radius 3 is 2.56 bits per heavy atom. The Hall–Kier alpha value is -1.62. The van der Waals surface area contributed by atoms with Crippen LogP contribution >= 0.6 is 0 Å². The van der Waals surface area contributed by atoms with Crippen LogP contribution in [0.4, 0.5) is 4.39 Å². The highest BCUT2D eigenvalue weighted by Gasteiger charge is 2.17. The number of likely N-dealkylation sites (N-methyl/N-ethyl adjacent to an activating group) is 1. The topological polar surface area (TPSA) is 47.6 Å². The number of nitrogens with one attached hydrogen (secondary N) is 1. The Morgan fingerprint density at radius 2 is 2.06 bits per heavy atom. The summed E-state index contributed by atoms with van der Waals surface area (Å²) in [5.74, 6) is -0.319. The third-order valence-electron chi connectivity index (χ3n) is 2.08. The molecule has 0 aliphatic carbocycles. The summed E-state index contributed by atoms with van der Waals surface area (Å²) in [6.07, 6.45) is 0. The summed E-state index contributed by atoms with van der Waals surface area (Å²) in [6, 6.07) is 2.32. The van der Waals surface area contributed by atoms with E-state index in [4.69, 9.17) is 9.47 Å². The molecular weight excluding hydrogens is 213 g/mol. The molecule has 0 atom stereocenters. The standard InChI is InChI=1S/C11H14FNO3/c1-13-6-9(14)8-4-7(12)5-10(15-2)11(8)16-3/h4-5,13H,6H2,1-3H3. The Balaban J connectivity index is 3.24. The molecule has 0 aromatic heterocycles. The molecule has 1 aromatic rings. The molecule has 0 radical (unpaired) electrons. The molecule has 0 heterocycles. The normalized spacial score (nSPS) is 10.0. The van der Waals surface area contributed by atoms with Crippen molar-refractivity contribution in [2.75, 3.05) is 27.8 Å². The Kier molecular flexibility index (Phi) is 4.25. The molecule has 1 aromatic carbocycles. The maximum Gasteiger partial charge on any atom is 0.180 e. The molecule has 0 fully saturated rings. The van der Waals surface area contributed by atoms with Crippen molar-refractivity contribution in [3.8, 4) is 11.5 Å². The number of ketones is 1. The molecule has 0 aliphatic heterocycles. The molecule has 88 valence electrons. The number of benzene rings is 1. The molecule has 0 aliphatic rings. The number of hydrogen-bond acceptors (Lipinski definition) is 4. The lowest BCUT2D eigenvalue weighted by molar-refractivity contribution is 0.0989. The molecule has 1 rings (SSSR count). The summed E-state index contributed by atoms with van der Waals surface area (Å²) in [5.41, 5.74) is 0.175. The first-order chi connectivity index (χ1) is 7.63. The van der Waals surface area contributed by atoms with Crippen molar-refractivity contribution in [2.24, 2.45) is 0 Å². The molecule has 0 saturated heterocycles. The molecule has 16 heavy (non-hydrogen) atoms. The third-order valence-corrected chi connectivity index (χ3v) is 2.08. The van der Waals surface area contributed by atoms with E-state index in [-0.39, 0.29) is 29.4 Å². The number of methoxy groups -OCH3 is 2. The zero-order valence-corrected chi connectivity index (χ0v) is 9.46. The fourth-order valence-electron chi connectivity index (χ4n) is 1.39. The van der Waals surface area contributed by atoms with Crippen LogP contribution in [0.15, 0.2) is 12.1 Å². The maximum absolute atomic E-state index is 13.2. The van der Waals surface area contributed by atoms with Crippen molar-refractivity contribution in [1.82, 2.24) is 5.32 Å². The number of rotatable bonds is 5. The van der Waals surface area contributed by atoms with Crippen LogP contribution in [0.3, 0.4) is 0 Å². The minimum atomic E-state index is -0.530. The van der Waals surface area contributed by atoms with E-state index in [1.807, 2.05) is 0 Å². The van der Waals surface area contributed by atoms with Crippen LogP contribution in [0.2, 0.25) is 0 Å². The second kappa shape index (κ2) is 5.46. The van der Waals surface area contributed by atoms with E-state index in [1.165, 1.54) is 20.3 Å². The SMILES string of the molecule is CNCC(=O)c1cc(F)cc(OC)c1OC. The van der Waals surface area contributed by atoms with E-state index in [0.29, 0.717) is 0 Å². The lowest BCUT2D eigenvalue weighted by atomic mass is 10.1. The minimum Gasteiger partial charge on any atom is -0.493 e. The molecule has 1 N–H and O–H groups in total. The molecule has 0 unspecified atom stereocenters. The minimum absolute atomic E-state index is 0.114. The largest absolute Gasteiger partial charge is 0.493 e. The first-order valence-electron chi connectivity index (χ1n) is 4.73. The van der Waals surface area contributed by atoms with E-state index >= 15 is 0 Å². The van der Waals surface area contributed by atoms with Gasteiger partial charge in [0.05, 0.1) is 26.3 Å². The average molecular weight is 227 g/mol. The van der Waals surface area contributed by atoms with Gasteiger partial charge in [-0.05, 0) is 13.1 Å². The van der Waals surface area contributed by atoms with Gasteiger partial charge in [0.2, 0.25) is 0 Å². The van der Waals surface area contributed by atoms with Crippen molar-refractivity contribution in [3.05, 3.63) is 23.5 Å². The van der Waals surface area contributed by atoms with E-state index < -0.39 is 5.82 Å². The number of carbonyl (C=O) groups excluding carboxylic acids is 1. The second-order valence-corrected chi connectivity index (χ2v) is 3.14. The van der Waals surface area contributed by atoms with Gasteiger partial charge < -0.3 is 14.8 Å². The number of Topliss-reactive ketones (excluding diaryl/α,β-unsaturated/α-hetero) is 1. The van der Waals surface area contributed by atoms with Crippen molar-refractivity contribution in [2.45, 2.75) is 0 Å². The van der Waals surface area contributed by atoms with Crippen LogP contribution in [-0.4, -0.2) is 33.6 Å². The van der Waals surface area contributed by atoms with E-state index in [2.05, 4.69) is 5.32 Å². The highest BCUT2D eigenvalue weighted by molar-refractivity contribution is 6.00. The van der Waals surface area contributed by atoms with Crippen molar-refractivity contribution >= 4 is 5.78 Å². The molecule has 5 heteroatoms. The number of ether oxygens (including phenoxy) is 2. The lowest BCUT2D eigenvalue weighted by Crippen LogP contribution is -2.19. The highest BCUT2D eigenvalue weighted by Crippen LogP contribution is 2.32. The van der Waals surface area contributed by atoms with Crippen LogP contribution in [-0.2, 0) is 0 Å². The lowest BCUT2D eigenvalue weighted by Gasteiger charge is -2.12. The number of hydrogen-bond donors (Lipinski definition) is 1. The van der Waals surface area contributed by atoms with Gasteiger partial charge in [0.15, 0.2) is 17.3 Å². The average Bonchev–Trinajstić information content (AvgIpc) is 2.28. The summed E-state index contributed by atoms with van der Waals surface area (Å²) >= 11 is 0. The van der Waals surface area contributed by atoms with Gasteiger partial charge in [-0.25, -0.2) is 4.39 Å². The fourth-order valence-corrected chi connectivity index (χ4v) is 1.39. The van der Waals surface area contributed by atoms with Gasteiger partial charge in [0.1, 0.15) is 5.82 Å². The predicted molar refractivity (Wildman–Crippen MR) is 57.8 cm³/mol. The quantitative estimate of drug-likeness (QED) is 0.769. The van der Waals surface area contributed by atoms with Gasteiger partial charge >= 0.3 is 0 Å².